The number of methoxy groups -OCH3 is 2. The molecule has 5 heteroatoms. The van der Waals surface area contributed by atoms with Crippen LogP contribution in [0.1, 0.15) is 20.3 Å². The van der Waals surface area contributed by atoms with Crippen LogP contribution in [-0.2, 0) is 23.9 Å². The van der Waals surface area contributed by atoms with E-state index in [1.807, 2.05) is 0 Å². The molecular weight excluding hydrogens is 224 g/mol. The van der Waals surface area contributed by atoms with Crippen LogP contribution < -0.4 is 0 Å². The third-order valence-electron chi connectivity index (χ3n) is 2.28. The number of rotatable bonds is 6. The second kappa shape index (κ2) is 7.60. The highest BCUT2D eigenvalue weighted by atomic mass is 16.5. The molecule has 0 aromatic heterocycles. The van der Waals surface area contributed by atoms with Gasteiger partial charge in [0.1, 0.15) is 5.78 Å². The van der Waals surface area contributed by atoms with E-state index < -0.39 is 17.9 Å². The summed E-state index contributed by atoms with van der Waals surface area (Å²) in [7, 11) is 2.43. The van der Waals surface area contributed by atoms with Crippen molar-refractivity contribution in [2.24, 2.45) is 11.8 Å². The lowest BCUT2D eigenvalue weighted by Crippen LogP contribution is -2.31. The van der Waals surface area contributed by atoms with E-state index in [0.717, 1.165) is 0 Å². The van der Waals surface area contributed by atoms with Gasteiger partial charge in [-0.05, 0) is 12.8 Å². The normalized spacial score (nSPS) is 12.5. The maximum atomic E-state index is 11.4. The van der Waals surface area contributed by atoms with Crippen LogP contribution in [0.5, 0.6) is 0 Å². The second-order valence-electron chi connectivity index (χ2n) is 3.72. The highest BCUT2D eigenvalue weighted by Crippen LogP contribution is 2.17. The van der Waals surface area contributed by atoms with Gasteiger partial charge in [-0.25, -0.2) is 0 Å². The fourth-order valence-electron chi connectivity index (χ4n) is 1.34. The second-order valence-corrected chi connectivity index (χ2v) is 3.72. The fourth-order valence-corrected chi connectivity index (χ4v) is 1.34. The number of Topliss-reactive ketones (excluding diaryl/α,β-unsaturated/α-hetero) is 1. The molecule has 0 aromatic rings. The maximum absolute atomic E-state index is 11.4. The van der Waals surface area contributed by atoms with Gasteiger partial charge in [0.05, 0.1) is 14.2 Å². The molecule has 96 valence electrons. The summed E-state index contributed by atoms with van der Waals surface area (Å²) in [4.78, 5) is 33.6. The Bertz CT molecular complexity index is 303. The van der Waals surface area contributed by atoms with Crippen molar-refractivity contribution in [2.75, 3.05) is 14.2 Å². The molecule has 0 saturated heterocycles. The number of carbonyl (C=O) groups is 3. The minimum Gasteiger partial charge on any atom is -0.468 e. The minimum absolute atomic E-state index is 0.0149. The molecule has 0 heterocycles. The van der Waals surface area contributed by atoms with E-state index in [-0.39, 0.29) is 18.1 Å². The molecule has 5 nitrogen and oxygen atoms in total. The molecule has 0 saturated carbocycles. The molecule has 0 radical (unpaired) electrons. The van der Waals surface area contributed by atoms with Crippen molar-refractivity contribution in [3.8, 4) is 0 Å². The van der Waals surface area contributed by atoms with Gasteiger partial charge in [-0.2, -0.15) is 0 Å². The molecule has 17 heavy (non-hydrogen) atoms. The van der Waals surface area contributed by atoms with Crippen LogP contribution in [0, 0.1) is 11.8 Å². The molecule has 0 aromatic carbocycles. The summed E-state index contributed by atoms with van der Waals surface area (Å²) in [6.07, 6.45) is 3.55. The van der Waals surface area contributed by atoms with E-state index in [1.54, 1.807) is 19.1 Å². The van der Waals surface area contributed by atoms with Crippen molar-refractivity contribution >= 4 is 17.7 Å². The number of esters is 2. The van der Waals surface area contributed by atoms with Crippen LogP contribution in [0.3, 0.4) is 0 Å². The molecule has 0 aliphatic heterocycles. The molecule has 1 unspecified atom stereocenters. The van der Waals surface area contributed by atoms with Gasteiger partial charge in [-0.1, -0.05) is 19.1 Å². The first-order valence-corrected chi connectivity index (χ1v) is 5.25. The third kappa shape index (κ3) is 5.29. The van der Waals surface area contributed by atoms with Gasteiger partial charge in [0.15, 0.2) is 5.92 Å². The zero-order valence-corrected chi connectivity index (χ0v) is 10.6. The lowest BCUT2D eigenvalue weighted by molar-refractivity contribution is -0.160. The smallest absolute Gasteiger partial charge is 0.320 e. The maximum Gasteiger partial charge on any atom is 0.320 e. The van der Waals surface area contributed by atoms with Crippen LogP contribution in [0.25, 0.3) is 0 Å². The Hall–Kier alpha value is -1.65. The van der Waals surface area contributed by atoms with Crippen LogP contribution in [0.2, 0.25) is 0 Å². The average Bonchev–Trinajstić information content (AvgIpc) is 2.28. The van der Waals surface area contributed by atoms with E-state index in [2.05, 4.69) is 9.47 Å². The number of ether oxygens (including phenoxy) is 2. The molecule has 0 fully saturated rings. The molecule has 0 aliphatic rings. The van der Waals surface area contributed by atoms with E-state index in [0.29, 0.717) is 0 Å². The topological polar surface area (TPSA) is 69.7 Å². The van der Waals surface area contributed by atoms with Crippen LogP contribution in [-0.4, -0.2) is 31.9 Å². The van der Waals surface area contributed by atoms with Crippen molar-refractivity contribution in [3.63, 3.8) is 0 Å². The van der Waals surface area contributed by atoms with E-state index in [1.165, 1.54) is 21.1 Å². The first kappa shape index (κ1) is 15.3. The Morgan fingerprint density at radius 2 is 1.59 bits per heavy atom. The highest BCUT2D eigenvalue weighted by Gasteiger charge is 2.32. The van der Waals surface area contributed by atoms with Gasteiger partial charge in [-0.3, -0.25) is 14.4 Å². The van der Waals surface area contributed by atoms with Gasteiger partial charge in [-0.15, -0.1) is 0 Å². The van der Waals surface area contributed by atoms with Crippen LogP contribution in [0.15, 0.2) is 12.2 Å². The summed E-state index contributed by atoms with van der Waals surface area (Å²) in [5.74, 6) is -2.64. The van der Waals surface area contributed by atoms with E-state index in [4.69, 9.17) is 0 Å². The summed E-state index contributed by atoms with van der Waals surface area (Å²) in [6.45, 7) is 3.16. The minimum atomic E-state index is -0.992. The Kier molecular flexibility index (Phi) is 6.86. The molecule has 0 rings (SSSR count). The highest BCUT2D eigenvalue weighted by molar-refractivity contribution is 5.95. The standard InChI is InChI=1S/C12H18O5/c1-8(6-5-7-9(2)13)10(11(14)16-3)12(15)17-4/h5-6,8,10H,7H2,1-4H3/b6-5+. The van der Waals surface area contributed by atoms with Crippen molar-refractivity contribution in [1.82, 2.24) is 0 Å². The molecule has 1 atom stereocenters. The Morgan fingerprint density at radius 3 is 1.94 bits per heavy atom. The number of hydrogen-bond donors (Lipinski definition) is 0. The zero-order chi connectivity index (χ0) is 13.4. The Labute approximate surface area is 101 Å². The number of ketones is 1. The van der Waals surface area contributed by atoms with Crippen molar-refractivity contribution in [3.05, 3.63) is 12.2 Å². The predicted molar refractivity (Wildman–Crippen MR) is 61.1 cm³/mol. The summed E-state index contributed by atoms with van der Waals surface area (Å²) < 4.78 is 9.09. The molecule has 0 spiro atoms. The molecular formula is C12H18O5. The van der Waals surface area contributed by atoms with Gasteiger partial charge in [0.2, 0.25) is 0 Å². The lowest BCUT2D eigenvalue weighted by Gasteiger charge is -2.16. The SMILES string of the molecule is COC(=O)C(C(=O)OC)C(C)/C=C/CC(C)=O. The third-order valence-corrected chi connectivity index (χ3v) is 2.28. The molecule has 0 N–H and O–H groups in total. The van der Waals surface area contributed by atoms with Crippen LogP contribution in [0.4, 0.5) is 0 Å². The first-order chi connectivity index (χ1) is 7.93. The zero-order valence-electron chi connectivity index (χ0n) is 10.6. The monoisotopic (exact) mass is 242 g/mol. The lowest BCUT2D eigenvalue weighted by atomic mass is 9.93. The predicted octanol–water partition coefficient (Wildman–Crippen LogP) is 1.12. The van der Waals surface area contributed by atoms with Crippen molar-refractivity contribution < 1.29 is 23.9 Å². The molecule has 0 amide bonds. The number of hydrogen-bond acceptors (Lipinski definition) is 5. The Balaban J connectivity index is 4.69. The van der Waals surface area contributed by atoms with Crippen molar-refractivity contribution in [1.29, 1.82) is 0 Å². The quantitative estimate of drug-likeness (QED) is 0.396. The first-order valence-electron chi connectivity index (χ1n) is 5.25. The summed E-state index contributed by atoms with van der Waals surface area (Å²) in [5.41, 5.74) is 0. The largest absolute Gasteiger partial charge is 0.468 e. The van der Waals surface area contributed by atoms with Gasteiger partial charge in [0.25, 0.3) is 0 Å². The van der Waals surface area contributed by atoms with Gasteiger partial charge in [0, 0.05) is 6.42 Å². The van der Waals surface area contributed by atoms with E-state index >= 15 is 0 Å². The van der Waals surface area contributed by atoms with Crippen molar-refractivity contribution in [2.45, 2.75) is 20.3 Å². The van der Waals surface area contributed by atoms with Crippen LogP contribution >= 0.6 is 0 Å². The Morgan fingerprint density at radius 1 is 1.12 bits per heavy atom. The fraction of sp³-hybridized carbons (Fsp3) is 0.583. The molecule has 0 aliphatic carbocycles. The van der Waals surface area contributed by atoms with E-state index in [9.17, 15) is 14.4 Å². The summed E-state index contributed by atoms with van der Waals surface area (Å²) in [5, 5.41) is 0. The summed E-state index contributed by atoms with van der Waals surface area (Å²) in [6, 6.07) is 0. The summed E-state index contributed by atoms with van der Waals surface area (Å²) >= 11 is 0. The average molecular weight is 242 g/mol. The number of carbonyl (C=O) groups excluding carboxylic acids is 3. The van der Waals surface area contributed by atoms with Gasteiger partial charge < -0.3 is 9.47 Å². The number of allylic oxidation sites excluding steroid dienone is 2. The molecule has 0 bridgehead atoms. The van der Waals surface area contributed by atoms with Gasteiger partial charge >= 0.3 is 11.9 Å².